The van der Waals surface area contributed by atoms with E-state index in [1.165, 1.54) is 5.56 Å². The first-order valence-electron chi connectivity index (χ1n) is 11.6. The van der Waals surface area contributed by atoms with Crippen molar-refractivity contribution in [1.82, 2.24) is 24.7 Å². The van der Waals surface area contributed by atoms with E-state index in [0.717, 1.165) is 12.2 Å². The maximum absolute atomic E-state index is 13.0. The number of imidazole rings is 1. The molecule has 4 rings (SSSR count). The van der Waals surface area contributed by atoms with E-state index in [9.17, 15) is 9.59 Å². The Morgan fingerprint density at radius 1 is 1.19 bits per heavy atom. The number of rotatable bonds is 6. The predicted molar refractivity (Wildman–Crippen MR) is 121 cm³/mol. The molecule has 1 N–H and O–H groups in total. The highest BCUT2D eigenvalue weighted by molar-refractivity contribution is 5.81. The first-order valence-corrected chi connectivity index (χ1v) is 11.6. The summed E-state index contributed by atoms with van der Waals surface area (Å²) >= 11 is 0. The highest BCUT2D eigenvalue weighted by atomic mass is 16.5. The second-order valence-corrected chi connectivity index (χ2v) is 8.47. The van der Waals surface area contributed by atoms with E-state index in [1.54, 1.807) is 6.20 Å². The molecule has 1 saturated heterocycles. The number of nitrogens with zero attached hydrogens (tertiary/aromatic N) is 4. The minimum Gasteiger partial charge on any atom is -0.352 e. The van der Waals surface area contributed by atoms with Crippen molar-refractivity contribution in [3.63, 3.8) is 0 Å². The van der Waals surface area contributed by atoms with E-state index in [4.69, 9.17) is 4.74 Å². The summed E-state index contributed by atoms with van der Waals surface area (Å²) in [6.45, 7) is 7.51. The monoisotopic (exact) mass is 439 g/mol. The predicted octanol–water partition coefficient (Wildman–Crippen LogP) is 2.39. The van der Waals surface area contributed by atoms with Crippen LogP contribution in [0.15, 0.2) is 42.7 Å². The highest BCUT2D eigenvalue weighted by Crippen LogP contribution is 2.40. The lowest BCUT2D eigenvalue weighted by atomic mass is 9.88. The molecule has 1 aromatic carbocycles. The molecule has 8 heteroatoms. The molecule has 8 nitrogen and oxygen atoms in total. The van der Waals surface area contributed by atoms with Crippen molar-refractivity contribution >= 4 is 11.9 Å². The summed E-state index contributed by atoms with van der Waals surface area (Å²) in [7, 11) is 0. The average Bonchev–Trinajstić information content (AvgIpc) is 3.31. The Morgan fingerprint density at radius 3 is 2.59 bits per heavy atom. The number of benzene rings is 1. The number of hydrogen-bond acceptors (Lipinski definition) is 4. The molecule has 0 aliphatic carbocycles. The number of nitrogens with one attached hydrogen (secondary N) is 1. The standard InChI is InChI=1S/C24H33N5O3/c1-3-27(4-2)21(30)20-18-29-17-14-25-22(29)24(32-20)11-15-28(16-12-24)23(31)26-13-10-19-8-6-5-7-9-19/h5-9,14,17,20H,3-4,10-13,15-16,18H2,1-2H3,(H,26,31). The van der Waals surface area contributed by atoms with Crippen LogP contribution in [0.1, 0.15) is 38.1 Å². The van der Waals surface area contributed by atoms with Gasteiger partial charge in [0.05, 0.1) is 6.54 Å². The Morgan fingerprint density at radius 2 is 1.91 bits per heavy atom. The first-order chi connectivity index (χ1) is 15.6. The lowest BCUT2D eigenvalue weighted by molar-refractivity contribution is -0.179. The van der Waals surface area contributed by atoms with Crippen LogP contribution in [0, 0.1) is 0 Å². The van der Waals surface area contributed by atoms with Crippen LogP contribution in [0.3, 0.4) is 0 Å². The van der Waals surface area contributed by atoms with Crippen molar-refractivity contribution in [3.05, 3.63) is 54.1 Å². The number of piperidine rings is 1. The van der Waals surface area contributed by atoms with Crippen molar-refractivity contribution in [3.8, 4) is 0 Å². The van der Waals surface area contributed by atoms with E-state index in [2.05, 4.69) is 22.4 Å². The van der Waals surface area contributed by atoms with Crippen LogP contribution >= 0.6 is 0 Å². The summed E-state index contributed by atoms with van der Waals surface area (Å²) in [4.78, 5) is 33.9. The fraction of sp³-hybridized carbons (Fsp3) is 0.542. The lowest BCUT2D eigenvalue weighted by Crippen LogP contribution is -2.56. The molecule has 0 saturated carbocycles. The van der Waals surface area contributed by atoms with Crippen LogP contribution in [0.4, 0.5) is 4.79 Å². The Kier molecular flexibility index (Phi) is 6.79. The molecule has 2 aliphatic rings. The second kappa shape index (κ2) is 9.73. The normalized spacial score (nSPS) is 19.4. The van der Waals surface area contributed by atoms with Crippen LogP contribution in [-0.4, -0.2) is 70.1 Å². The number of carbonyl (C=O) groups is 2. The molecule has 1 unspecified atom stereocenters. The third-order valence-corrected chi connectivity index (χ3v) is 6.59. The summed E-state index contributed by atoms with van der Waals surface area (Å²) in [5, 5.41) is 3.03. The Hall–Kier alpha value is -2.87. The van der Waals surface area contributed by atoms with Gasteiger partial charge in [-0.15, -0.1) is 0 Å². The first kappa shape index (κ1) is 22.3. The topological polar surface area (TPSA) is 79.7 Å². The zero-order valence-electron chi connectivity index (χ0n) is 19.0. The molecule has 3 heterocycles. The number of hydrogen-bond donors (Lipinski definition) is 1. The summed E-state index contributed by atoms with van der Waals surface area (Å²) in [5.74, 6) is 0.889. The van der Waals surface area contributed by atoms with Crippen molar-refractivity contribution in [2.75, 3.05) is 32.7 Å². The fourth-order valence-corrected chi connectivity index (χ4v) is 4.75. The number of likely N-dealkylation sites (tertiary alicyclic amines) is 1. The number of urea groups is 1. The van der Waals surface area contributed by atoms with Gasteiger partial charge in [-0.25, -0.2) is 9.78 Å². The molecule has 3 amide bonds. The van der Waals surface area contributed by atoms with Crippen molar-refractivity contribution < 1.29 is 14.3 Å². The molecule has 0 bridgehead atoms. The van der Waals surface area contributed by atoms with Gasteiger partial charge in [-0.2, -0.15) is 0 Å². The SMILES string of the molecule is CCN(CC)C(=O)C1Cn2ccnc2C2(CCN(C(=O)NCCc3ccccc3)CC2)O1. The van der Waals surface area contributed by atoms with E-state index in [0.29, 0.717) is 52.1 Å². The number of carbonyl (C=O) groups excluding carboxylic acids is 2. The molecule has 1 aromatic heterocycles. The van der Waals surface area contributed by atoms with Gasteiger partial charge in [-0.1, -0.05) is 30.3 Å². The Bertz CT molecular complexity index is 917. The highest BCUT2D eigenvalue weighted by Gasteiger charge is 2.48. The maximum atomic E-state index is 13.0. The third kappa shape index (κ3) is 4.50. The largest absolute Gasteiger partial charge is 0.352 e. The van der Waals surface area contributed by atoms with Gasteiger partial charge in [0.15, 0.2) is 6.10 Å². The smallest absolute Gasteiger partial charge is 0.317 e. The number of ether oxygens (including phenoxy) is 1. The summed E-state index contributed by atoms with van der Waals surface area (Å²) < 4.78 is 8.53. The fourth-order valence-electron chi connectivity index (χ4n) is 4.75. The molecular weight excluding hydrogens is 406 g/mol. The van der Waals surface area contributed by atoms with Crippen molar-refractivity contribution in [1.29, 1.82) is 0 Å². The van der Waals surface area contributed by atoms with Crippen molar-refractivity contribution in [2.24, 2.45) is 0 Å². The zero-order valence-corrected chi connectivity index (χ0v) is 19.0. The van der Waals surface area contributed by atoms with Crippen LogP contribution in [-0.2, 0) is 28.1 Å². The van der Waals surface area contributed by atoms with Crippen LogP contribution in [0.2, 0.25) is 0 Å². The number of amides is 3. The van der Waals surface area contributed by atoms with E-state index in [1.807, 2.05) is 52.6 Å². The van der Waals surface area contributed by atoms with Gasteiger partial charge < -0.3 is 24.4 Å². The molecule has 1 fully saturated rings. The molecule has 2 aromatic rings. The van der Waals surface area contributed by atoms with Crippen LogP contribution in [0.25, 0.3) is 0 Å². The number of fused-ring (bicyclic) bond motifs is 2. The van der Waals surface area contributed by atoms with Gasteiger partial charge in [0.25, 0.3) is 5.91 Å². The van der Waals surface area contributed by atoms with Crippen LogP contribution < -0.4 is 5.32 Å². The van der Waals surface area contributed by atoms with Gasteiger partial charge in [0.2, 0.25) is 0 Å². The zero-order chi connectivity index (χ0) is 22.6. The molecule has 32 heavy (non-hydrogen) atoms. The minimum atomic E-state index is -0.629. The summed E-state index contributed by atoms with van der Waals surface area (Å²) in [6, 6.07) is 10.1. The van der Waals surface area contributed by atoms with E-state index >= 15 is 0 Å². The Labute approximate surface area is 189 Å². The van der Waals surface area contributed by atoms with Gasteiger partial charge in [-0.05, 0) is 25.8 Å². The maximum Gasteiger partial charge on any atom is 0.317 e. The molecule has 172 valence electrons. The summed E-state index contributed by atoms with van der Waals surface area (Å²) in [5.41, 5.74) is 0.576. The second-order valence-electron chi connectivity index (χ2n) is 8.47. The van der Waals surface area contributed by atoms with Gasteiger partial charge in [0, 0.05) is 58.0 Å². The molecule has 1 spiro atoms. The van der Waals surface area contributed by atoms with Gasteiger partial charge >= 0.3 is 6.03 Å². The third-order valence-electron chi connectivity index (χ3n) is 6.59. The molecule has 2 aliphatic heterocycles. The van der Waals surface area contributed by atoms with Crippen molar-refractivity contribution in [2.45, 2.75) is 51.4 Å². The average molecular weight is 440 g/mol. The number of likely N-dealkylation sites (N-methyl/N-ethyl adjacent to an activating group) is 1. The quantitative estimate of drug-likeness (QED) is 0.750. The minimum absolute atomic E-state index is 0.0230. The van der Waals surface area contributed by atoms with E-state index in [-0.39, 0.29) is 11.9 Å². The molecule has 0 radical (unpaired) electrons. The van der Waals surface area contributed by atoms with Gasteiger partial charge in [-0.3, -0.25) is 4.79 Å². The lowest BCUT2D eigenvalue weighted by Gasteiger charge is -2.46. The van der Waals surface area contributed by atoms with E-state index < -0.39 is 11.7 Å². The Balaban J connectivity index is 1.37. The molecular formula is C24H33N5O3. The molecule has 1 atom stereocenters. The summed E-state index contributed by atoms with van der Waals surface area (Å²) in [6.07, 6.45) is 5.22. The van der Waals surface area contributed by atoms with Crippen LogP contribution in [0.5, 0.6) is 0 Å². The number of aromatic nitrogens is 2. The van der Waals surface area contributed by atoms with Gasteiger partial charge in [0.1, 0.15) is 11.4 Å².